The SMILES string of the molecule is Cc1nn2c(O)c(C(=O)NC3CC3)c(=O)n(CC(C)C)c2c1/C=C/C(=O)N1CCC[C@H]1c1ccccc1. The van der Waals surface area contributed by atoms with Crippen LogP contribution >= 0.6 is 0 Å². The van der Waals surface area contributed by atoms with E-state index in [1.54, 1.807) is 13.0 Å². The van der Waals surface area contributed by atoms with E-state index in [-0.39, 0.29) is 29.5 Å². The highest BCUT2D eigenvalue weighted by molar-refractivity contribution is 5.97. The molecule has 5 rings (SSSR count). The summed E-state index contributed by atoms with van der Waals surface area (Å²) < 4.78 is 2.73. The molecule has 1 atom stereocenters. The number of carbonyl (C=O) groups excluding carboxylic acids is 2. The highest BCUT2D eigenvalue weighted by Crippen LogP contribution is 2.32. The van der Waals surface area contributed by atoms with Gasteiger partial charge < -0.3 is 15.3 Å². The van der Waals surface area contributed by atoms with Gasteiger partial charge in [0.05, 0.1) is 11.7 Å². The number of aryl methyl sites for hydroxylation is 1. The van der Waals surface area contributed by atoms with Crippen molar-refractivity contribution in [3.05, 3.63) is 69.1 Å². The number of benzene rings is 1. The van der Waals surface area contributed by atoms with Crippen molar-refractivity contribution < 1.29 is 14.7 Å². The van der Waals surface area contributed by atoms with Crippen LogP contribution in [0.1, 0.15) is 72.8 Å². The van der Waals surface area contributed by atoms with Crippen molar-refractivity contribution in [3.63, 3.8) is 0 Å². The van der Waals surface area contributed by atoms with Crippen molar-refractivity contribution in [3.8, 4) is 5.88 Å². The minimum Gasteiger partial charge on any atom is -0.492 e. The molecule has 0 radical (unpaired) electrons. The Kier molecular flexibility index (Phi) is 6.62. The smallest absolute Gasteiger partial charge is 0.270 e. The van der Waals surface area contributed by atoms with Crippen molar-refractivity contribution in [1.82, 2.24) is 24.4 Å². The summed E-state index contributed by atoms with van der Waals surface area (Å²) in [6.45, 7) is 6.70. The fourth-order valence-corrected chi connectivity index (χ4v) is 5.08. The Balaban J connectivity index is 1.54. The van der Waals surface area contributed by atoms with Gasteiger partial charge in [0.25, 0.3) is 11.5 Å². The average molecular weight is 504 g/mol. The van der Waals surface area contributed by atoms with Crippen molar-refractivity contribution in [2.75, 3.05) is 6.54 Å². The van der Waals surface area contributed by atoms with Gasteiger partial charge in [-0.15, -0.1) is 0 Å². The molecule has 1 saturated carbocycles. The first-order valence-electron chi connectivity index (χ1n) is 13.0. The second-order valence-electron chi connectivity index (χ2n) is 10.4. The van der Waals surface area contributed by atoms with Gasteiger partial charge >= 0.3 is 0 Å². The molecule has 2 amide bonds. The first-order valence-corrected chi connectivity index (χ1v) is 13.0. The lowest BCUT2D eigenvalue weighted by Gasteiger charge is -2.23. The molecule has 0 bridgehead atoms. The largest absolute Gasteiger partial charge is 0.492 e. The summed E-state index contributed by atoms with van der Waals surface area (Å²) in [5.74, 6) is -1.11. The molecule has 1 saturated heterocycles. The quantitative estimate of drug-likeness (QED) is 0.480. The fourth-order valence-electron chi connectivity index (χ4n) is 5.08. The van der Waals surface area contributed by atoms with E-state index in [1.165, 1.54) is 15.2 Å². The second-order valence-corrected chi connectivity index (χ2v) is 10.4. The number of hydrogen-bond donors (Lipinski definition) is 2. The number of nitrogens with zero attached hydrogens (tertiary/aromatic N) is 4. The maximum atomic E-state index is 13.5. The van der Waals surface area contributed by atoms with E-state index < -0.39 is 17.3 Å². The molecule has 37 heavy (non-hydrogen) atoms. The molecule has 1 aliphatic heterocycles. The fraction of sp³-hybridized carbons (Fsp3) is 0.429. The third-order valence-electron chi connectivity index (χ3n) is 7.02. The Morgan fingerprint density at radius 2 is 1.92 bits per heavy atom. The maximum Gasteiger partial charge on any atom is 0.270 e. The summed E-state index contributed by atoms with van der Waals surface area (Å²) in [7, 11) is 0. The molecular weight excluding hydrogens is 470 g/mol. The summed E-state index contributed by atoms with van der Waals surface area (Å²) in [5, 5.41) is 18.2. The summed E-state index contributed by atoms with van der Waals surface area (Å²) in [5.41, 5.74) is 1.70. The molecule has 2 N–H and O–H groups in total. The van der Waals surface area contributed by atoms with Crippen LogP contribution in [0.25, 0.3) is 11.7 Å². The number of amides is 2. The van der Waals surface area contributed by atoms with Crippen LogP contribution in [0, 0.1) is 12.8 Å². The maximum absolute atomic E-state index is 13.5. The van der Waals surface area contributed by atoms with E-state index in [0.29, 0.717) is 30.0 Å². The molecule has 3 aromatic rings. The van der Waals surface area contributed by atoms with E-state index in [2.05, 4.69) is 10.4 Å². The minimum atomic E-state index is -0.592. The second kappa shape index (κ2) is 9.88. The van der Waals surface area contributed by atoms with Crippen LogP contribution in [0.5, 0.6) is 5.88 Å². The lowest BCUT2D eigenvalue weighted by molar-refractivity contribution is -0.126. The van der Waals surface area contributed by atoms with Gasteiger partial charge in [0, 0.05) is 30.8 Å². The van der Waals surface area contributed by atoms with Crippen LogP contribution in [-0.2, 0) is 11.3 Å². The molecule has 1 aromatic carbocycles. The van der Waals surface area contributed by atoms with Gasteiger partial charge in [-0.3, -0.25) is 19.0 Å². The molecule has 1 aliphatic carbocycles. The number of nitrogens with one attached hydrogen (secondary N) is 1. The summed E-state index contributed by atoms with van der Waals surface area (Å²) in [6.07, 6.45) is 6.75. The van der Waals surface area contributed by atoms with Gasteiger partial charge in [-0.05, 0) is 50.2 Å². The van der Waals surface area contributed by atoms with Gasteiger partial charge in [0.2, 0.25) is 11.8 Å². The topological polar surface area (TPSA) is 109 Å². The van der Waals surface area contributed by atoms with Crippen LogP contribution in [0.15, 0.2) is 41.2 Å². The van der Waals surface area contributed by atoms with Crippen LogP contribution in [-0.4, -0.2) is 48.6 Å². The minimum absolute atomic E-state index is 0.0269. The number of hydrogen-bond acceptors (Lipinski definition) is 5. The summed E-state index contributed by atoms with van der Waals surface area (Å²) >= 11 is 0. The van der Waals surface area contributed by atoms with Gasteiger partial charge in [0.1, 0.15) is 5.65 Å². The molecule has 0 spiro atoms. The highest BCUT2D eigenvalue weighted by Gasteiger charge is 2.31. The molecule has 0 unspecified atom stereocenters. The van der Waals surface area contributed by atoms with Crippen LogP contribution in [0.2, 0.25) is 0 Å². The summed E-state index contributed by atoms with van der Waals surface area (Å²) in [6, 6.07) is 10.1. The van der Waals surface area contributed by atoms with E-state index in [1.807, 2.05) is 49.1 Å². The van der Waals surface area contributed by atoms with E-state index in [4.69, 9.17) is 0 Å². The predicted octanol–water partition coefficient (Wildman–Crippen LogP) is 3.44. The Morgan fingerprint density at radius 3 is 2.59 bits per heavy atom. The lowest BCUT2D eigenvalue weighted by Crippen LogP contribution is -2.36. The molecule has 2 aromatic heterocycles. The number of rotatable bonds is 7. The van der Waals surface area contributed by atoms with Gasteiger partial charge in [-0.1, -0.05) is 44.2 Å². The normalized spacial score (nSPS) is 17.8. The Morgan fingerprint density at radius 1 is 1.19 bits per heavy atom. The van der Waals surface area contributed by atoms with Crippen LogP contribution < -0.4 is 10.9 Å². The first kappa shape index (κ1) is 24.8. The number of carbonyl (C=O) groups is 2. The van der Waals surface area contributed by atoms with Crippen LogP contribution in [0.3, 0.4) is 0 Å². The number of aromatic hydroxyl groups is 1. The molecule has 9 nitrogen and oxygen atoms in total. The molecule has 2 aliphatic rings. The van der Waals surface area contributed by atoms with Gasteiger partial charge in [0.15, 0.2) is 5.56 Å². The number of fused-ring (bicyclic) bond motifs is 1. The third kappa shape index (κ3) is 4.77. The van der Waals surface area contributed by atoms with Crippen LogP contribution in [0.4, 0.5) is 0 Å². The lowest BCUT2D eigenvalue weighted by atomic mass is 10.0. The predicted molar refractivity (Wildman–Crippen MR) is 140 cm³/mol. The Bertz CT molecular complexity index is 1430. The van der Waals surface area contributed by atoms with Gasteiger partial charge in [-0.25, -0.2) is 0 Å². The van der Waals surface area contributed by atoms with E-state index in [0.717, 1.165) is 31.2 Å². The Hall–Kier alpha value is -3.88. The van der Waals surface area contributed by atoms with E-state index in [9.17, 15) is 19.5 Å². The monoisotopic (exact) mass is 503 g/mol. The molecule has 2 fully saturated rings. The Labute approximate surface area is 215 Å². The molecular formula is C28H33N5O4. The zero-order valence-corrected chi connectivity index (χ0v) is 21.5. The zero-order chi connectivity index (χ0) is 26.3. The zero-order valence-electron chi connectivity index (χ0n) is 21.5. The summed E-state index contributed by atoms with van der Waals surface area (Å²) in [4.78, 5) is 41.5. The standard InChI is InChI=1S/C28H33N5O4/c1-17(2)16-32-26-21(13-14-23(34)31-15-7-10-22(31)19-8-5-4-6-9-19)18(3)30-33(26)28(37)24(27(32)36)25(35)29-20-11-12-20/h4-6,8-9,13-14,17,20,22,37H,7,10-12,15-16H2,1-3H3,(H,29,35)/b14-13+/t22-/m0/s1. The van der Waals surface area contributed by atoms with E-state index >= 15 is 0 Å². The molecule has 9 heteroatoms. The first-order chi connectivity index (χ1) is 17.8. The van der Waals surface area contributed by atoms with Crippen molar-refractivity contribution in [2.45, 2.75) is 65.1 Å². The molecule has 194 valence electrons. The van der Waals surface area contributed by atoms with Gasteiger partial charge in [-0.2, -0.15) is 9.61 Å². The number of likely N-dealkylation sites (tertiary alicyclic amines) is 1. The highest BCUT2D eigenvalue weighted by atomic mass is 16.3. The van der Waals surface area contributed by atoms with Crippen molar-refractivity contribution in [1.29, 1.82) is 0 Å². The average Bonchev–Trinajstić information content (AvgIpc) is 3.42. The third-order valence-corrected chi connectivity index (χ3v) is 7.02. The van der Waals surface area contributed by atoms with Crippen molar-refractivity contribution in [2.24, 2.45) is 5.92 Å². The number of aromatic nitrogens is 3. The molecule has 3 heterocycles. The van der Waals surface area contributed by atoms with Crippen molar-refractivity contribution >= 4 is 23.5 Å².